The van der Waals surface area contributed by atoms with E-state index in [-0.39, 0.29) is 5.75 Å². The van der Waals surface area contributed by atoms with Crippen molar-refractivity contribution in [2.75, 3.05) is 0 Å². The molecule has 14 heavy (non-hydrogen) atoms. The molecule has 1 heterocycles. The molecule has 0 aliphatic carbocycles. The molecule has 0 bridgehead atoms. The number of hydrogen-bond acceptors (Lipinski definition) is 4. The summed E-state index contributed by atoms with van der Waals surface area (Å²) >= 11 is 1.44. The Hall–Kier alpha value is -1.04. The summed E-state index contributed by atoms with van der Waals surface area (Å²) in [6.07, 6.45) is 0. The minimum atomic E-state index is -1.49. The quantitative estimate of drug-likeness (QED) is 0.601. The fraction of sp³-hybridized carbons (Fsp3) is 0.111. The van der Waals surface area contributed by atoms with Gasteiger partial charge in [-0.05, 0) is 19.1 Å². The lowest BCUT2D eigenvalue weighted by Gasteiger charge is -2.02. The van der Waals surface area contributed by atoms with Crippen molar-refractivity contribution < 1.29 is 15.2 Å². The Balaban J connectivity index is 2.81. The highest BCUT2D eigenvalue weighted by Crippen LogP contribution is 2.30. The van der Waals surface area contributed by atoms with E-state index in [0.717, 1.165) is 9.58 Å². The van der Waals surface area contributed by atoms with Gasteiger partial charge in [0.15, 0.2) is 0 Å². The van der Waals surface area contributed by atoms with Crippen LogP contribution >= 0.6 is 11.3 Å². The molecule has 5 heteroatoms. The van der Waals surface area contributed by atoms with E-state index >= 15 is 0 Å². The van der Waals surface area contributed by atoms with Crippen LogP contribution in [0.4, 0.5) is 0 Å². The van der Waals surface area contributed by atoms with Gasteiger partial charge in [0.1, 0.15) is 5.75 Å². The van der Waals surface area contributed by atoms with Crippen LogP contribution in [0.2, 0.25) is 0 Å². The van der Waals surface area contributed by atoms with Crippen LogP contribution in [0, 0.1) is 6.92 Å². The fourth-order valence-electron chi connectivity index (χ4n) is 1.46. The van der Waals surface area contributed by atoms with Crippen molar-refractivity contribution in [1.29, 1.82) is 0 Å². The summed E-state index contributed by atoms with van der Waals surface area (Å²) in [7, 11) is -1.49. The Labute approximate surface area is 85.4 Å². The van der Waals surface area contributed by atoms with Crippen LogP contribution < -0.4 is 5.46 Å². The second-order valence-electron chi connectivity index (χ2n) is 3.15. The molecular formula is C9H9BO3S. The van der Waals surface area contributed by atoms with Gasteiger partial charge in [0.2, 0.25) is 0 Å². The molecule has 0 radical (unpaired) electrons. The van der Waals surface area contributed by atoms with Gasteiger partial charge < -0.3 is 15.2 Å². The highest BCUT2D eigenvalue weighted by atomic mass is 32.1. The van der Waals surface area contributed by atoms with Crippen molar-refractivity contribution in [2.45, 2.75) is 6.92 Å². The number of aromatic hydroxyl groups is 1. The molecular weight excluding hydrogens is 199 g/mol. The van der Waals surface area contributed by atoms with Gasteiger partial charge >= 0.3 is 7.12 Å². The molecule has 0 aliphatic rings. The third-order valence-electron chi connectivity index (χ3n) is 2.09. The third-order valence-corrected chi connectivity index (χ3v) is 3.19. The lowest BCUT2D eigenvalue weighted by molar-refractivity contribution is 0.426. The molecule has 0 amide bonds. The van der Waals surface area contributed by atoms with Crippen molar-refractivity contribution in [1.82, 2.24) is 0 Å². The summed E-state index contributed by atoms with van der Waals surface area (Å²) in [6.45, 7) is 1.91. The van der Waals surface area contributed by atoms with Crippen LogP contribution in [-0.4, -0.2) is 22.3 Å². The molecule has 72 valence electrons. The summed E-state index contributed by atoms with van der Waals surface area (Å²) in [5.74, 6) is 0.175. The first kappa shape index (κ1) is 9.52. The SMILES string of the molecule is Cc1cc2c(O)ccc(B(O)O)c2s1. The van der Waals surface area contributed by atoms with Gasteiger partial charge in [0, 0.05) is 20.4 Å². The molecule has 0 saturated heterocycles. The summed E-state index contributed by atoms with van der Waals surface area (Å²) in [5, 5.41) is 28.4. The van der Waals surface area contributed by atoms with Gasteiger partial charge in [-0.2, -0.15) is 0 Å². The number of fused-ring (bicyclic) bond motifs is 1. The highest BCUT2D eigenvalue weighted by Gasteiger charge is 2.17. The van der Waals surface area contributed by atoms with E-state index in [1.165, 1.54) is 23.5 Å². The standard InChI is InChI=1S/C9H9BO3S/c1-5-4-6-8(11)3-2-7(10(12)13)9(6)14-5/h2-4,11-13H,1H3. The van der Waals surface area contributed by atoms with Crippen molar-refractivity contribution in [3.63, 3.8) is 0 Å². The monoisotopic (exact) mass is 208 g/mol. The summed E-state index contributed by atoms with van der Waals surface area (Å²) < 4.78 is 0.734. The second kappa shape index (κ2) is 3.27. The summed E-state index contributed by atoms with van der Waals surface area (Å²) in [4.78, 5) is 1.03. The maximum absolute atomic E-state index is 9.53. The molecule has 0 atom stereocenters. The smallest absolute Gasteiger partial charge is 0.489 e. The molecule has 0 unspecified atom stereocenters. The zero-order valence-corrected chi connectivity index (χ0v) is 8.38. The Morgan fingerprint density at radius 1 is 1.29 bits per heavy atom. The lowest BCUT2D eigenvalue weighted by atomic mass is 9.80. The first-order valence-corrected chi connectivity index (χ1v) is 4.99. The number of phenols is 1. The van der Waals surface area contributed by atoms with Crippen LogP contribution in [-0.2, 0) is 0 Å². The van der Waals surface area contributed by atoms with Gasteiger partial charge in [-0.3, -0.25) is 0 Å². The average Bonchev–Trinajstić information content (AvgIpc) is 2.47. The van der Waals surface area contributed by atoms with E-state index in [2.05, 4.69) is 0 Å². The maximum Gasteiger partial charge on any atom is 0.489 e. The molecule has 0 saturated carbocycles. The molecule has 0 fully saturated rings. The number of thiophene rings is 1. The van der Waals surface area contributed by atoms with Gasteiger partial charge in [-0.1, -0.05) is 6.07 Å². The first-order valence-electron chi connectivity index (χ1n) is 4.17. The van der Waals surface area contributed by atoms with E-state index < -0.39 is 7.12 Å². The van der Waals surface area contributed by atoms with E-state index in [9.17, 15) is 5.11 Å². The molecule has 0 spiro atoms. The average molecular weight is 208 g/mol. The predicted molar refractivity (Wildman–Crippen MR) is 58.1 cm³/mol. The number of aryl methyl sites for hydroxylation is 1. The van der Waals surface area contributed by atoms with Crippen molar-refractivity contribution in [3.8, 4) is 5.75 Å². The number of hydrogen-bond donors (Lipinski definition) is 3. The fourth-order valence-corrected chi connectivity index (χ4v) is 2.52. The third kappa shape index (κ3) is 1.39. The summed E-state index contributed by atoms with van der Waals surface area (Å²) in [6, 6.07) is 4.84. The second-order valence-corrected chi connectivity index (χ2v) is 4.40. The Morgan fingerprint density at radius 2 is 2.00 bits per heavy atom. The van der Waals surface area contributed by atoms with Crippen LogP contribution in [0.3, 0.4) is 0 Å². The van der Waals surface area contributed by atoms with E-state index in [1.54, 1.807) is 0 Å². The van der Waals surface area contributed by atoms with E-state index in [4.69, 9.17) is 10.0 Å². The number of phenolic OH excluding ortho intramolecular Hbond substituents is 1. The largest absolute Gasteiger partial charge is 0.507 e. The minimum Gasteiger partial charge on any atom is -0.507 e. The zero-order valence-electron chi connectivity index (χ0n) is 7.56. The number of rotatable bonds is 1. The minimum absolute atomic E-state index is 0.175. The number of benzene rings is 1. The topological polar surface area (TPSA) is 60.7 Å². The van der Waals surface area contributed by atoms with Gasteiger partial charge in [0.25, 0.3) is 0 Å². The molecule has 2 rings (SSSR count). The van der Waals surface area contributed by atoms with E-state index in [0.29, 0.717) is 10.8 Å². The maximum atomic E-state index is 9.53. The van der Waals surface area contributed by atoms with Gasteiger partial charge in [-0.15, -0.1) is 11.3 Å². The molecule has 1 aromatic carbocycles. The molecule has 3 nitrogen and oxygen atoms in total. The summed E-state index contributed by atoms with van der Waals surface area (Å²) in [5.41, 5.74) is 0.441. The Kier molecular flexibility index (Phi) is 2.22. The zero-order chi connectivity index (χ0) is 10.3. The Bertz CT molecular complexity index is 478. The van der Waals surface area contributed by atoms with Crippen LogP contribution in [0.5, 0.6) is 5.75 Å². The van der Waals surface area contributed by atoms with Crippen molar-refractivity contribution >= 4 is 34.0 Å². The molecule has 2 aromatic rings. The molecule has 3 N–H and O–H groups in total. The molecule has 1 aromatic heterocycles. The van der Waals surface area contributed by atoms with Gasteiger partial charge in [0.05, 0.1) is 0 Å². The van der Waals surface area contributed by atoms with E-state index in [1.807, 2.05) is 13.0 Å². The first-order chi connectivity index (χ1) is 6.59. The van der Waals surface area contributed by atoms with Crippen LogP contribution in [0.15, 0.2) is 18.2 Å². The van der Waals surface area contributed by atoms with Gasteiger partial charge in [-0.25, -0.2) is 0 Å². The van der Waals surface area contributed by atoms with Crippen molar-refractivity contribution in [3.05, 3.63) is 23.1 Å². The Morgan fingerprint density at radius 3 is 2.64 bits per heavy atom. The highest BCUT2D eigenvalue weighted by molar-refractivity contribution is 7.20. The lowest BCUT2D eigenvalue weighted by Crippen LogP contribution is -2.29. The predicted octanol–water partition coefficient (Wildman–Crippen LogP) is 0.595. The van der Waals surface area contributed by atoms with Crippen molar-refractivity contribution in [2.24, 2.45) is 0 Å². The normalized spacial score (nSPS) is 10.8. The van der Waals surface area contributed by atoms with Crippen LogP contribution in [0.25, 0.3) is 10.1 Å². The molecule has 0 aliphatic heterocycles. The van der Waals surface area contributed by atoms with Crippen LogP contribution in [0.1, 0.15) is 4.88 Å².